The molecule has 2 rings (SSSR count). The summed E-state index contributed by atoms with van der Waals surface area (Å²) in [6.45, 7) is 5.24. The molecule has 29 heavy (non-hydrogen) atoms. The van der Waals surface area contributed by atoms with Crippen LogP contribution in [0.15, 0.2) is 53.4 Å². The van der Waals surface area contributed by atoms with E-state index in [2.05, 4.69) is 15.5 Å². The number of anilines is 1. The van der Waals surface area contributed by atoms with E-state index in [1.54, 1.807) is 38.1 Å². The van der Waals surface area contributed by atoms with Gasteiger partial charge in [0.25, 0.3) is 15.9 Å². The Morgan fingerprint density at radius 3 is 2.17 bits per heavy atom. The predicted octanol–water partition coefficient (Wildman–Crippen LogP) is 1.08. The van der Waals surface area contributed by atoms with Gasteiger partial charge in [0.15, 0.2) is 0 Å². The van der Waals surface area contributed by atoms with Crippen LogP contribution in [0.3, 0.4) is 0 Å². The van der Waals surface area contributed by atoms with Crippen LogP contribution in [0.1, 0.15) is 29.8 Å². The van der Waals surface area contributed by atoms with Gasteiger partial charge in [0.05, 0.1) is 4.90 Å². The summed E-state index contributed by atoms with van der Waals surface area (Å²) in [6, 6.07) is 11.8. The van der Waals surface area contributed by atoms with Crippen LogP contribution in [0.2, 0.25) is 0 Å². The Labute approximate surface area is 168 Å². The fourth-order valence-corrected chi connectivity index (χ4v) is 3.31. The van der Waals surface area contributed by atoms with Crippen LogP contribution in [0.5, 0.6) is 0 Å². The Bertz CT molecular complexity index is 1020. The number of hydrogen-bond donors (Lipinski definition) is 4. The van der Waals surface area contributed by atoms with E-state index in [0.29, 0.717) is 5.69 Å². The van der Waals surface area contributed by atoms with E-state index < -0.39 is 27.7 Å². The summed E-state index contributed by atoms with van der Waals surface area (Å²) in [4.78, 5) is 35.2. The molecule has 2 aromatic rings. The molecule has 0 aliphatic heterocycles. The fraction of sp³-hybridized carbons (Fsp3) is 0.211. The van der Waals surface area contributed by atoms with Crippen LogP contribution in [-0.4, -0.2) is 32.2 Å². The highest BCUT2D eigenvalue weighted by Gasteiger charge is 2.18. The van der Waals surface area contributed by atoms with Gasteiger partial charge in [-0.05, 0) is 51.1 Å². The zero-order valence-electron chi connectivity index (χ0n) is 16.1. The first-order chi connectivity index (χ1) is 13.6. The molecule has 0 saturated heterocycles. The number of nitrogens with one attached hydrogen (secondary N) is 4. The molecular formula is C19H22N4O5S. The third kappa shape index (κ3) is 6.32. The number of hydrazine groups is 1. The van der Waals surface area contributed by atoms with Crippen molar-refractivity contribution in [3.63, 3.8) is 0 Å². The Balaban J connectivity index is 2.07. The molecule has 154 valence electrons. The molecule has 0 bridgehead atoms. The van der Waals surface area contributed by atoms with Gasteiger partial charge in [0.2, 0.25) is 0 Å². The second kappa shape index (κ2) is 9.20. The average Bonchev–Trinajstić information content (AvgIpc) is 2.67. The Morgan fingerprint density at radius 2 is 1.55 bits per heavy atom. The van der Waals surface area contributed by atoms with E-state index in [-0.39, 0.29) is 16.5 Å². The summed E-state index contributed by atoms with van der Waals surface area (Å²) in [5.74, 6) is -2.72. The molecule has 0 spiro atoms. The Hall–Kier alpha value is -3.40. The second-order valence-corrected chi connectivity index (χ2v) is 8.22. The van der Waals surface area contributed by atoms with Crippen LogP contribution < -0.4 is 20.9 Å². The monoisotopic (exact) mass is 418 g/mol. The summed E-state index contributed by atoms with van der Waals surface area (Å²) in [6.07, 6.45) is 0. The van der Waals surface area contributed by atoms with Crippen molar-refractivity contribution in [3.8, 4) is 0 Å². The highest BCUT2D eigenvalue weighted by Crippen LogP contribution is 2.17. The molecule has 2 aromatic carbocycles. The number of amides is 3. The topological polar surface area (TPSA) is 133 Å². The number of carbonyl (C=O) groups excluding carboxylic acids is 3. The molecule has 0 aliphatic carbocycles. The van der Waals surface area contributed by atoms with Gasteiger partial charge in [-0.25, -0.2) is 8.42 Å². The lowest BCUT2D eigenvalue weighted by Gasteiger charge is -2.11. The van der Waals surface area contributed by atoms with Gasteiger partial charge >= 0.3 is 11.8 Å². The van der Waals surface area contributed by atoms with Gasteiger partial charge in [-0.1, -0.05) is 23.8 Å². The summed E-state index contributed by atoms with van der Waals surface area (Å²) >= 11 is 0. The van der Waals surface area contributed by atoms with E-state index in [1.807, 2.05) is 12.3 Å². The molecule has 3 amide bonds. The van der Waals surface area contributed by atoms with Gasteiger partial charge in [0, 0.05) is 17.3 Å². The SMILES string of the molecule is Cc1ccc(NS(=O)(=O)c2cccc(C(=O)NNC(=O)C(=O)NC(C)C)c2)cc1. The minimum absolute atomic E-state index is 0.0126. The van der Waals surface area contributed by atoms with E-state index in [1.165, 1.54) is 18.2 Å². The number of hydrogen-bond acceptors (Lipinski definition) is 5. The van der Waals surface area contributed by atoms with Crippen molar-refractivity contribution in [1.29, 1.82) is 0 Å². The molecule has 0 radical (unpaired) electrons. The lowest BCUT2D eigenvalue weighted by molar-refractivity contribution is -0.139. The van der Waals surface area contributed by atoms with Crippen LogP contribution in [0.25, 0.3) is 0 Å². The maximum Gasteiger partial charge on any atom is 0.327 e. The molecule has 0 aliphatic rings. The molecule has 0 aromatic heterocycles. The normalized spacial score (nSPS) is 10.9. The van der Waals surface area contributed by atoms with Crippen molar-refractivity contribution < 1.29 is 22.8 Å². The molecular weight excluding hydrogens is 396 g/mol. The molecule has 10 heteroatoms. The molecule has 0 atom stereocenters. The second-order valence-electron chi connectivity index (χ2n) is 6.54. The smallest absolute Gasteiger partial charge is 0.327 e. The van der Waals surface area contributed by atoms with Gasteiger partial charge in [-0.15, -0.1) is 0 Å². The molecule has 0 saturated carbocycles. The summed E-state index contributed by atoms with van der Waals surface area (Å²) < 4.78 is 27.5. The summed E-state index contributed by atoms with van der Waals surface area (Å²) in [5, 5.41) is 2.37. The van der Waals surface area contributed by atoms with E-state index in [9.17, 15) is 22.8 Å². The first-order valence-electron chi connectivity index (χ1n) is 8.69. The molecule has 4 N–H and O–H groups in total. The zero-order valence-corrected chi connectivity index (χ0v) is 17.0. The quantitative estimate of drug-likeness (QED) is 0.426. The fourth-order valence-electron chi connectivity index (χ4n) is 2.21. The van der Waals surface area contributed by atoms with Crippen molar-refractivity contribution in [3.05, 3.63) is 59.7 Å². The maximum absolute atomic E-state index is 12.6. The first-order valence-corrected chi connectivity index (χ1v) is 10.2. The number of rotatable bonds is 5. The lowest BCUT2D eigenvalue weighted by Crippen LogP contribution is -2.49. The van der Waals surface area contributed by atoms with Gasteiger partial charge in [-0.2, -0.15) is 0 Å². The van der Waals surface area contributed by atoms with E-state index >= 15 is 0 Å². The van der Waals surface area contributed by atoms with Crippen molar-refractivity contribution in [1.82, 2.24) is 16.2 Å². The van der Waals surface area contributed by atoms with Crippen molar-refractivity contribution in [2.45, 2.75) is 31.7 Å². The largest absolute Gasteiger partial charge is 0.346 e. The summed E-state index contributed by atoms with van der Waals surface area (Å²) in [7, 11) is -3.92. The van der Waals surface area contributed by atoms with Gasteiger partial charge < -0.3 is 5.32 Å². The molecule has 0 heterocycles. The van der Waals surface area contributed by atoms with Crippen molar-refractivity contribution in [2.24, 2.45) is 0 Å². The van der Waals surface area contributed by atoms with Crippen LogP contribution >= 0.6 is 0 Å². The molecule has 0 fully saturated rings. The molecule has 0 unspecified atom stereocenters. The minimum atomic E-state index is -3.92. The van der Waals surface area contributed by atoms with Crippen LogP contribution in [0.4, 0.5) is 5.69 Å². The number of benzene rings is 2. The van der Waals surface area contributed by atoms with Gasteiger partial charge in [0.1, 0.15) is 0 Å². The van der Waals surface area contributed by atoms with Gasteiger partial charge in [-0.3, -0.25) is 30.0 Å². The first kappa shape index (κ1) is 21.9. The highest BCUT2D eigenvalue weighted by atomic mass is 32.2. The standard InChI is InChI=1S/C19H22N4O5S/c1-12(2)20-18(25)19(26)22-21-17(24)14-5-4-6-16(11-14)29(27,28)23-15-9-7-13(3)8-10-15/h4-12,23H,1-3H3,(H,20,25)(H,21,24)(H,22,26). The molecule has 9 nitrogen and oxygen atoms in total. The lowest BCUT2D eigenvalue weighted by atomic mass is 10.2. The van der Waals surface area contributed by atoms with Crippen LogP contribution in [0, 0.1) is 6.92 Å². The predicted molar refractivity (Wildman–Crippen MR) is 107 cm³/mol. The summed E-state index contributed by atoms with van der Waals surface area (Å²) in [5.41, 5.74) is 5.40. The number of aryl methyl sites for hydroxylation is 1. The number of carbonyl (C=O) groups is 3. The average molecular weight is 418 g/mol. The zero-order chi connectivity index (χ0) is 21.6. The minimum Gasteiger partial charge on any atom is -0.346 e. The highest BCUT2D eigenvalue weighted by molar-refractivity contribution is 7.92. The third-order valence-corrected chi connectivity index (χ3v) is 5.00. The van der Waals surface area contributed by atoms with Crippen molar-refractivity contribution >= 4 is 33.4 Å². The van der Waals surface area contributed by atoms with E-state index in [4.69, 9.17) is 0 Å². The maximum atomic E-state index is 12.6. The number of sulfonamides is 1. The third-order valence-electron chi connectivity index (χ3n) is 3.63. The van der Waals surface area contributed by atoms with Crippen molar-refractivity contribution in [2.75, 3.05) is 4.72 Å². The Morgan fingerprint density at radius 1 is 0.897 bits per heavy atom. The van der Waals surface area contributed by atoms with Crippen LogP contribution in [-0.2, 0) is 19.6 Å². The van der Waals surface area contributed by atoms with E-state index in [0.717, 1.165) is 11.6 Å². The Kier molecular flexibility index (Phi) is 6.94.